The third kappa shape index (κ3) is 81.6. The van der Waals surface area contributed by atoms with Crippen molar-refractivity contribution in [3.05, 3.63) is 0 Å². The molecule has 0 saturated carbocycles. The fourth-order valence-corrected chi connectivity index (χ4v) is 0.387. The van der Waals surface area contributed by atoms with Gasteiger partial charge in [-0.05, 0) is 6.32 Å². The van der Waals surface area contributed by atoms with Gasteiger partial charge in [0.25, 0.3) is 0 Å². The van der Waals surface area contributed by atoms with Crippen LogP contribution in [0.4, 0.5) is 0 Å². The molecule has 0 unspecified atom stereocenters. The van der Waals surface area contributed by atoms with Crippen molar-refractivity contribution in [2.75, 3.05) is 0 Å². The van der Waals surface area contributed by atoms with Crippen LogP contribution < -0.4 is 0 Å². The molecule has 0 fully saturated rings. The van der Waals surface area contributed by atoms with Gasteiger partial charge in [0.15, 0.2) is 0 Å². The molecule has 0 aliphatic rings. The van der Waals surface area contributed by atoms with Crippen molar-refractivity contribution in [2.45, 2.75) is 52.8 Å². The smallest absolute Gasteiger partial charge is 0.427 e. The van der Waals surface area contributed by atoms with E-state index < -0.39 is 14.4 Å². The molecule has 0 bridgehead atoms. The van der Waals surface area contributed by atoms with Crippen LogP contribution in [0.1, 0.15) is 46.5 Å². The van der Waals surface area contributed by atoms with Crippen molar-refractivity contribution in [1.82, 2.24) is 0 Å². The van der Waals surface area contributed by atoms with Crippen molar-refractivity contribution in [3.63, 3.8) is 0 Å². The molecule has 0 radical (unpaired) electrons. The summed E-state index contributed by atoms with van der Waals surface area (Å²) in [6.45, 7) is 6.38. The van der Waals surface area contributed by atoms with E-state index in [1.54, 1.807) is 0 Å². The highest BCUT2D eigenvalue weighted by atomic mass is 16.5. The number of hydrogen-bond donors (Lipinski definition) is 5. The molecule has 15 heavy (non-hydrogen) atoms. The van der Waals surface area contributed by atoms with Gasteiger partial charge in [0, 0.05) is 0 Å². The molecular formula is C8H24B2O5. The molecule has 0 aromatic carbocycles. The zero-order valence-corrected chi connectivity index (χ0v) is 9.93. The SMILES string of the molecule is CCCC.CCCCB(O)O.OB(O)O. The second kappa shape index (κ2) is 19.5. The maximum absolute atomic E-state index is 8.24. The minimum atomic E-state index is -2.17. The van der Waals surface area contributed by atoms with E-state index in [4.69, 9.17) is 25.1 Å². The van der Waals surface area contributed by atoms with Gasteiger partial charge in [-0.1, -0.05) is 46.5 Å². The third-order valence-corrected chi connectivity index (χ3v) is 1.32. The maximum Gasteiger partial charge on any atom is 0.631 e. The largest absolute Gasteiger partial charge is 0.631 e. The van der Waals surface area contributed by atoms with Gasteiger partial charge in [-0.2, -0.15) is 0 Å². The molecule has 0 aliphatic heterocycles. The fraction of sp³-hybridized carbons (Fsp3) is 1.00. The van der Waals surface area contributed by atoms with Crippen molar-refractivity contribution in [3.8, 4) is 0 Å². The van der Waals surface area contributed by atoms with Gasteiger partial charge >= 0.3 is 14.4 Å². The van der Waals surface area contributed by atoms with Gasteiger partial charge in [0.05, 0.1) is 0 Å². The molecule has 5 N–H and O–H groups in total. The molecule has 0 aliphatic carbocycles. The first kappa shape index (κ1) is 20.4. The summed E-state index contributed by atoms with van der Waals surface area (Å²) in [6.07, 6.45) is 5.08. The third-order valence-electron chi connectivity index (χ3n) is 1.32. The Morgan fingerprint density at radius 1 is 0.733 bits per heavy atom. The average molecular weight is 222 g/mol. The normalized spacial score (nSPS) is 8.00. The zero-order chi connectivity index (χ0) is 12.7. The topological polar surface area (TPSA) is 101 Å². The van der Waals surface area contributed by atoms with Crippen molar-refractivity contribution in [2.24, 2.45) is 0 Å². The Labute approximate surface area is 93.1 Å². The van der Waals surface area contributed by atoms with E-state index in [2.05, 4.69) is 13.8 Å². The highest BCUT2D eigenvalue weighted by Crippen LogP contribution is 1.94. The van der Waals surface area contributed by atoms with Crippen LogP contribution >= 0.6 is 0 Å². The van der Waals surface area contributed by atoms with Gasteiger partial charge in [-0.3, -0.25) is 0 Å². The van der Waals surface area contributed by atoms with E-state index in [1.807, 2.05) is 6.92 Å². The second-order valence-corrected chi connectivity index (χ2v) is 2.97. The Balaban J connectivity index is -0.000000155. The molecule has 0 spiro atoms. The van der Waals surface area contributed by atoms with Crippen LogP contribution in [0.3, 0.4) is 0 Å². The summed E-state index contributed by atoms with van der Waals surface area (Å²) in [5.41, 5.74) is 0. The van der Waals surface area contributed by atoms with Gasteiger partial charge in [-0.25, -0.2) is 0 Å². The maximum atomic E-state index is 8.24. The first-order valence-electron chi connectivity index (χ1n) is 5.32. The summed E-state index contributed by atoms with van der Waals surface area (Å²) < 4.78 is 0. The summed E-state index contributed by atoms with van der Waals surface area (Å²) in [5.74, 6) is 0. The summed E-state index contributed by atoms with van der Waals surface area (Å²) in [5, 5.41) is 38.0. The van der Waals surface area contributed by atoms with Crippen LogP contribution in [-0.4, -0.2) is 39.6 Å². The van der Waals surface area contributed by atoms with Gasteiger partial charge in [0.1, 0.15) is 0 Å². The number of hydrogen-bond acceptors (Lipinski definition) is 5. The Bertz CT molecular complexity index is 88.3. The minimum Gasteiger partial charge on any atom is -0.427 e. The fourth-order valence-electron chi connectivity index (χ4n) is 0.387. The van der Waals surface area contributed by atoms with Crippen molar-refractivity contribution in [1.29, 1.82) is 0 Å². The van der Waals surface area contributed by atoms with Crippen LogP contribution in [0.25, 0.3) is 0 Å². The Hall–Kier alpha value is -0.0701. The molecular weight excluding hydrogens is 198 g/mol. The molecule has 92 valence electrons. The Morgan fingerprint density at radius 3 is 1.13 bits per heavy atom. The van der Waals surface area contributed by atoms with Gasteiger partial charge in [-0.15, -0.1) is 0 Å². The van der Waals surface area contributed by atoms with Crippen LogP contribution in [0.5, 0.6) is 0 Å². The van der Waals surface area contributed by atoms with Crippen LogP contribution in [0.15, 0.2) is 0 Å². The van der Waals surface area contributed by atoms with Gasteiger partial charge < -0.3 is 25.1 Å². The summed E-state index contributed by atoms with van der Waals surface area (Å²) in [4.78, 5) is 0. The summed E-state index contributed by atoms with van der Waals surface area (Å²) >= 11 is 0. The van der Waals surface area contributed by atoms with Crippen LogP contribution in [0.2, 0.25) is 6.32 Å². The quantitative estimate of drug-likeness (QED) is 0.431. The standard InChI is InChI=1S/C4H11BO2.C4H10.BH3O3/c1-2-3-4-5(6)7;1-3-4-2;2-1(3)4/h6-7H,2-4H2,1H3;3-4H2,1-2H3;2-4H. The average Bonchev–Trinajstić information content (AvgIpc) is 2.14. The van der Waals surface area contributed by atoms with Crippen LogP contribution in [-0.2, 0) is 0 Å². The Morgan fingerprint density at radius 2 is 1.07 bits per heavy atom. The lowest BCUT2D eigenvalue weighted by atomic mass is 9.84. The van der Waals surface area contributed by atoms with Gasteiger partial charge in [0.2, 0.25) is 0 Å². The molecule has 7 heteroatoms. The molecule has 0 rings (SSSR count). The molecule has 0 amide bonds. The van der Waals surface area contributed by atoms with E-state index >= 15 is 0 Å². The summed E-state index contributed by atoms with van der Waals surface area (Å²) in [6, 6.07) is 0. The van der Waals surface area contributed by atoms with E-state index in [-0.39, 0.29) is 0 Å². The molecule has 0 aromatic rings. The molecule has 0 heterocycles. The monoisotopic (exact) mass is 222 g/mol. The number of rotatable bonds is 4. The molecule has 5 nitrogen and oxygen atoms in total. The van der Waals surface area contributed by atoms with E-state index in [0.29, 0.717) is 6.32 Å². The number of unbranched alkanes of at least 4 members (excludes halogenated alkanes) is 2. The lowest BCUT2D eigenvalue weighted by molar-refractivity contribution is 0.278. The predicted molar refractivity (Wildman–Crippen MR) is 62.9 cm³/mol. The summed E-state index contributed by atoms with van der Waals surface area (Å²) in [7, 11) is -3.26. The first-order chi connectivity index (χ1) is 6.92. The zero-order valence-electron chi connectivity index (χ0n) is 9.93. The molecule has 0 atom stereocenters. The predicted octanol–water partition coefficient (Wildman–Crippen LogP) is 0.0139. The lowest BCUT2D eigenvalue weighted by Gasteiger charge is -1.91. The molecule has 0 saturated heterocycles. The lowest BCUT2D eigenvalue weighted by Crippen LogP contribution is -2.08. The highest BCUT2D eigenvalue weighted by Gasteiger charge is 2.02. The van der Waals surface area contributed by atoms with E-state index in [9.17, 15) is 0 Å². The van der Waals surface area contributed by atoms with E-state index in [0.717, 1.165) is 12.8 Å². The minimum absolute atomic E-state index is 0.510. The highest BCUT2D eigenvalue weighted by molar-refractivity contribution is 6.40. The van der Waals surface area contributed by atoms with Crippen molar-refractivity contribution >= 4 is 14.4 Å². The first-order valence-corrected chi connectivity index (χ1v) is 5.32. The Kier molecular flexibility index (Phi) is 26.5. The molecule has 0 aromatic heterocycles. The van der Waals surface area contributed by atoms with Crippen LogP contribution in [0, 0.1) is 0 Å². The van der Waals surface area contributed by atoms with Crippen molar-refractivity contribution < 1.29 is 25.1 Å². The van der Waals surface area contributed by atoms with E-state index in [1.165, 1.54) is 12.8 Å². The second-order valence-electron chi connectivity index (χ2n) is 2.97.